The van der Waals surface area contributed by atoms with E-state index in [-0.39, 0.29) is 33.9 Å². The van der Waals surface area contributed by atoms with Crippen molar-refractivity contribution in [1.29, 1.82) is 0 Å². The van der Waals surface area contributed by atoms with Crippen molar-refractivity contribution in [2.45, 2.75) is 26.6 Å². The predicted octanol–water partition coefficient (Wildman–Crippen LogP) is 3.31. The number of hydrogen-bond acceptors (Lipinski definition) is 8. The van der Waals surface area contributed by atoms with E-state index in [1.807, 2.05) is 13.8 Å². The molecule has 0 saturated heterocycles. The minimum Gasteiger partial charge on any atom is -0.480 e. The van der Waals surface area contributed by atoms with Crippen LogP contribution in [0.2, 0.25) is 0 Å². The minimum atomic E-state index is -4.64. The molecule has 2 aromatic heterocycles. The van der Waals surface area contributed by atoms with Crippen LogP contribution in [-0.4, -0.2) is 53.6 Å². The van der Waals surface area contributed by atoms with E-state index in [2.05, 4.69) is 20.3 Å². The van der Waals surface area contributed by atoms with Gasteiger partial charge < -0.3 is 14.4 Å². The summed E-state index contributed by atoms with van der Waals surface area (Å²) in [6, 6.07) is 0. The molecule has 0 aliphatic carbocycles. The Kier molecular flexibility index (Phi) is 7.36. The number of carbonyl (C=O) groups is 1. The van der Waals surface area contributed by atoms with Gasteiger partial charge in [0.1, 0.15) is 6.33 Å². The monoisotopic (exact) mass is 433 g/mol. The maximum absolute atomic E-state index is 13.4. The summed E-state index contributed by atoms with van der Waals surface area (Å²) in [4.78, 5) is 25.7. The van der Waals surface area contributed by atoms with Crippen LogP contribution in [0.15, 0.2) is 6.33 Å². The molecule has 12 heteroatoms. The molecule has 0 bridgehead atoms. The molecule has 2 rings (SSSR count). The quantitative estimate of drug-likeness (QED) is 0.683. The standard InChI is InChI=1S/C17H22F3N5O3S/c1-9(2)6-25(3)7-10-12(17(18,19)20)23-16(29-10)24-13(26)11-14(27-4)21-8-22-15(11)28-5/h8-9H,6-7H2,1-5H3,(H,23,24,26). The number of rotatable bonds is 8. The lowest BCUT2D eigenvalue weighted by Crippen LogP contribution is -2.23. The highest BCUT2D eigenvalue weighted by Gasteiger charge is 2.38. The highest BCUT2D eigenvalue weighted by atomic mass is 32.1. The average Bonchev–Trinajstić information content (AvgIpc) is 3.02. The highest BCUT2D eigenvalue weighted by molar-refractivity contribution is 7.15. The topological polar surface area (TPSA) is 89.5 Å². The molecule has 2 aromatic rings. The van der Waals surface area contributed by atoms with Gasteiger partial charge in [-0.15, -0.1) is 0 Å². The van der Waals surface area contributed by atoms with Crippen LogP contribution in [0.1, 0.15) is 34.8 Å². The number of alkyl halides is 3. The second-order valence-electron chi connectivity index (χ2n) is 6.60. The second kappa shape index (κ2) is 9.35. The highest BCUT2D eigenvalue weighted by Crippen LogP contribution is 2.37. The van der Waals surface area contributed by atoms with Gasteiger partial charge in [0.15, 0.2) is 16.4 Å². The van der Waals surface area contributed by atoms with Gasteiger partial charge in [0.25, 0.3) is 5.91 Å². The summed E-state index contributed by atoms with van der Waals surface area (Å²) >= 11 is 0.765. The van der Waals surface area contributed by atoms with E-state index in [0.29, 0.717) is 12.5 Å². The predicted molar refractivity (Wildman–Crippen MR) is 101 cm³/mol. The number of methoxy groups -OCH3 is 2. The van der Waals surface area contributed by atoms with Gasteiger partial charge >= 0.3 is 6.18 Å². The fourth-order valence-corrected chi connectivity index (χ4v) is 3.74. The zero-order valence-electron chi connectivity index (χ0n) is 16.6. The number of aromatic nitrogens is 3. The molecule has 160 valence electrons. The van der Waals surface area contributed by atoms with Crippen molar-refractivity contribution >= 4 is 22.4 Å². The SMILES string of the molecule is COc1ncnc(OC)c1C(=O)Nc1nc(C(F)(F)F)c(CN(C)CC(C)C)s1. The number of thiazole rings is 1. The molecular weight excluding hydrogens is 411 g/mol. The van der Waals surface area contributed by atoms with Crippen LogP contribution in [0, 0.1) is 5.92 Å². The number of amides is 1. The third-order valence-electron chi connectivity index (χ3n) is 3.67. The first-order valence-corrected chi connectivity index (χ1v) is 9.38. The van der Waals surface area contributed by atoms with E-state index in [0.717, 1.165) is 17.7 Å². The van der Waals surface area contributed by atoms with Crippen LogP contribution in [0.25, 0.3) is 0 Å². The number of halogens is 3. The first kappa shape index (κ1) is 22.8. The maximum atomic E-state index is 13.4. The Morgan fingerprint density at radius 1 is 1.24 bits per heavy atom. The molecule has 29 heavy (non-hydrogen) atoms. The van der Waals surface area contributed by atoms with Crippen LogP contribution >= 0.6 is 11.3 Å². The van der Waals surface area contributed by atoms with Crippen molar-refractivity contribution in [1.82, 2.24) is 19.9 Å². The summed E-state index contributed by atoms with van der Waals surface area (Å²) in [7, 11) is 4.33. The normalized spacial score (nSPS) is 11.8. The zero-order chi connectivity index (χ0) is 21.8. The van der Waals surface area contributed by atoms with Crippen LogP contribution in [-0.2, 0) is 12.7 Å². The van der Waals surface area contributed by atoms with Crippen LogP contribution < -0.4 is 14.8 Å². The molecule has 0 fully saturated rings. The van der Waals surface area contributed by atoms with Gasteiger partial charge in [0, 0.05) is 13.1 Å². The molecule has 0 aromatic carbocycles. The number of hydrogen-bond donors (Lipinski definition) is 1. The fourth-order valence-electron chi connectivity index (χ4n) is 2.68. The summed E-state index contributed by atoms with van der Waals surface area (Å²) in [6.07, 6.45) is -3.50. The van der Waals surface area contributed by atoms with Crippen molar-refractivity contribution in [2.75, 3.05) is 33.1 Å². The van der Waals surface area contributed by atoms with Crippen molar-refractivity contribution in [3.05, 3.63) is 22.5 Å². The van der Waals surface area contributed by atoms with Gasteiger partial charge in [0.2, 0.25) is 11.8 Å². The van der Waals surface area contributed by atoms with Crippen molar-refractivity contribution in [2.24, 2.45) is 5.92 Å². The van der Waals surface area contributed by atoms with Crippen molar-refractivity contribution in [3.63, 3.8) is 0 Å². The van der Waals surface area contributed by atoms with Gasteiger partial charge in [-0.1, -0.05) is 25.2 Å². The first-order valence-electron chi connectivity index (χ1n) is 8.56. The Morgan fingerprint density at radius 2 is 1.83 bits per heavy atom. The van der Waals surface area contributed by atoms with Crippen molar-refractivity contribution in [3.8, 4) is 11.8 Å². The molecule has 0 spiro atoms. The minimum absolute atomic E-state index is 0.0131. The van der Waals surface area contributed by atoms with Crippen LogP contribution in [0.4, 0.5) is 18.3 Å². The fraction of sp³-hybridized carbons (Fsp3) is 0.529. The van der Waals surface area contributed by atoms with Gasteiger partial charge in [-0.05, 0) is 13.0 Å². The van der Waals surface area contributed by atoms with E-state index < -0.39 is 17.8 Å². The largest absolute Gasteiger partial charge is 0.480 e. The Labute approximate surface area is 170 Å². The molecule has 0 saturated carbocycles. The second-order valence-corrected chi connectivity index (χ2v) is 7.68. The van der Waals surface area contributed by atoms with Crippen molar-refractivity contribution < 1.29 is 27.4 Å². The molecule has 0 atom stereocenters. The van der Waals surface area contributed by atoms with Gasteiger partial charge in [-0.25, -0.2) is 15.0 Å². The van der Waals surface area contributed by atoms with Gasteiger partial charge in [-0.3, -0.25) is 10.1 Å². The Hall–Kier alpha value is -2.47. The van der Waals surface area contributed by atoms with Crippen LogP contribution in [0.5, 0.6) is 11.8 Å². The first-order chi connectivity index (χ1) is 13.6. The molecule has 0 unspecified atom stereocenters. The Bertz CT molecular complexity index is 835. The van der Waals surface area contributed by atoms with Gasteiger partial charge in [0.05, 0.1) is 19.1 Å². The average molecular weight is 433 g/mol. The molecule has 0 radical (unpaired) electrons. The number of nitrogens with zero attached hydrogens (tertiary/aromatic N) is 4. The number of nitrogens with one attached hydrogen (secondary N) is 1. The smallest absolute Gasteiger partial charge is 0.434 e. The summed E-state index contributed by atoms with van der Waals surface area (Å²) in [5.41, 5.74) is -1.16. The summed E-state index contributed by atoms with van der Waals surface area (Å²) in [5.74, 6) is -0.638. The van der Waals surface area contributed by atoms with E-state index in [1.165, 1.54) is 14.2 Å². The molecule has 2 heterocycles. The molecule has 0 aliphatic heterocycles. The van der Waals surface area contributed by atoms with E-state index in [4.69, 9.17) is 9.47 Å². The summed E-state index contributed by atoms with van der Waals surface area (Å²) in [5, 5.41) is 2.17. The van der Waals surface area contributed by atoms with E-state index in [9.17, 15) is 18.0 Å². The van der Waals surface area contributed by atoms with E-state index >= 15 is 0 Å². The molecule has 1 amide bonds. The lowest BCUT2D eigenvalue weighted by molar-refractivity contribution is -0.141. The lowest BCUT2D eigenvalue weighted by atomic mass is 10.2. The summed E-state index contributed by atoms with van der Waals surface area (Å²) < 4.78 is 50.3. The third kappa shape index (κ3) is 5.76. The Balaban J connectivity index is 2.33. The zero-order valence-corrected chi connectivity index (χ0v) is 17.4. The van der Waals surface area contributed by atoms with Crippen LogP contribution in [0.3, 0.4) is 0 Å². The van der Waals surface area contributed by atoms with E-state index in [1.54, 1.807) is 11.9 Å². The number of anilines is 1. The third-order valence-corrected chi connectivity index (χ3v) is 4.62. The number of carbonyl (C=O) groups excluding carboxylic acids is 1. The molecule has 8 nitrogen and oxygen atoms in total. The molecular formula is C17H22F3N5O3S. The number of ether oxygens (including phenoxy) is 2. The lowest BCUT2D eigenvalue weighted by Gasteiger charge is -2.18. The van der Waals surface area contributed by atoms with Gasteiger partial charge in [-0.2, -0.15) is 13.2 Å². The molecule has 0 aliphatic rings. The Morgan fingerprint density at radius 3 is 2.31 bits per heavy atom. The summed E-state index contributed by atoms with van der Waals surface area (Å²) in [6.45, 7) is 4.62. The molecule has 1 N–H and O–H groups in total. The maximum Gasteiger partial charge on any atom is 0.434 e.